The largest absolute Gasteiger partial charge is 0.0622 e. The van der Waals surface area contributed by atoms with Crippen molar-refractivity contribution in [1.29, 1.82) is 0 Å². The molecule has 0 fully saturated rings. The minimum Gasteiger partial charge on any atom is -0.0622 e. The van der Waals surface area contributed by atoms with E-state index in [1.54, 1.807) is 0 Å². The Hall–Kier alpha value is -2.60. The molecular weight excluding hydrogens is 240 g/mol. The minimum absolute atomic E-state index is 1.24. The van der Waals surface area contributed by atoms with Gasteiger partial charge in [0.2, 0.25) is 0 Å². The van der Waals surface area contributed by atoms with Crippen molar-refractivity contribution in [2.45, 2.75) is 0 Å². The maximum atomic E-state index is 3.14. The van der Waals surface area contributed by atoms with Gasteiger partial charge in [0.05, 0.1) is 0 Å². The zero-order chi connectivity index (χ0) is 13.4. The van der Waals surface area contributed by atoms with Crippen LogP contribution in [0.2, 0.25) is 0 Å². The monoisotopic (exact) mass is 253 g/mol. The standard InChI is InChI=1S/C20H13/c1-2-6-15(7-3-1)17-12-13-20-18(14-17)11-10-16-8-4-5-9-19(16)20/h1-3,5-14H. The summed E-state index contributed by atoms with van der Waals surface area (Å²) in [5.41, 5.74) is 2.52. The molecule has 0 bridgehead atoms. The predicted octanol–water partition coefficient (Wildman–Crippen LogP) is 5.46. The maximum Gasteiger partial charge on any atom is -0.0105 e. The Morgan fingerprint density at radius 3 is 2.30 bits per heavy atom. The number of rotatable bonds is 1. The highest BCUT2D eigenvalue weighted by Gasteiger charge is 2.02. The van der Waals surface area contributed by atoms with Crippen molar-refractivity contribution >= 4 is 21.5 Å². The molecule has 0 aromatic heterocycles. The van der Waals surface area contributed by atoms with E-state index in [1.807, 2.05) is 12.1 Å². The van der Waals surface area contributed by atoms with E-state index in [1.165, 1.54) is 32.7 Å². The Labute approximate surface area is 118 Å². The van der Waals surface area contributed by atoms with Crippen LogP contribution >= 0.6 is 0 Å². The third-order valence-electron chi connectivity index (χ3n) is 3.79. The lowest BCUT2D eigenvalue weighted by Crippen LogP contribution is -1.80. The molecule has 0 spiro atoms. The lowest BCUT2D eigenvalue weighted by Gasteiger charge is -2.07. The summed E-state index contributed by atoms with van der Waals surface area (Å²) in [5.74, 6) is 0. The molecule has 0 N–H and O–H groups in total. The highest BCUT2D eigenvalue weighted by Crippen LogP contribution is 2.29. The quantitative estimate of drug-likeness (QED) is 0.395. The molecule has 0 aliphatic heterocycles. The van der Waals surface area contributed by atoms with E-state index in [9.17, 15) is 0 Å². The average molecular weight is 253 g/mol. The van der Waals surface area contributed by atoms with Gasteiger partial charge in [-0.2, -0.15) is 0 Å². The Morgan fingerprint density at radius 1 is 0.600 bits per heavy atom. The first kappa shape index (κ1) is 11.2. The molecule has 20 heavy (non-hydrogen) atoms. The molecule has 0 saturated heterocycles. The first-order chi connectivity index (χ1) is 9.92. The summed E-state index contributed by atoms with van der Waals surface area (Å²) in [6, 6.07) is 30.9. The zero-order valence-corrected chi connectivity index (χ0v) is 11.0. The summed E-state index contributed by atoms with van der Waals surface area (Å²) in [4.78, 5) is 0. The first-order valence-electron chi connectivity index (χ1n) is 6.80. The Kier molecular flexibility index (Phi) is 2.53. The normalized spacial score (nSPS) is 11.0. The summed E-state index contributed by atoms with van der Waals surface area (Å²) in [5, 5.41) is 5.12. The van der Waals surface area contributed by atoms with Crippen LogP contribution in [0.1, 0.15) is 0 Å². The molecule has 4 aromatic rings. The molecule has 0 atom stereocenters. The van der Waals surface area contributed by atoms with Crippen molar-refractivity contribution in [3.8, 4) is 11.1 Å². The third-order valence-corrected chi connectivity index (χ3v) is 3.79. The number of benzene rings is 4. The molecule has 0 saturated carbocycles. The fourth-order valence-corrected chi connectivity index (χ4v) is 2.76. The van der Waals surface area contributed by atoms with Gasteiger partial charge in [0.15, 0.2) is 0 Å². The van der Waals surface area contributed by atoms with Gasteiger partial charge in [0.25, 0.3) is 0 Å². The molecule has 4 rings (SSSR count). The van der Waals surface area contributed by atoms with Crippen LogP contribution in [-0.4, -0.2) is 0 Å². The van der Waals surface area contributed by atoms with Crippen molar-refractivity contribution in [3.05, 3.63) is 84.9 Å². The van der Waals surface area contributed by atoms with Gasteiger partial charge in [-0.15, -0.1) is 0 Å². The van der Waals surface area contributed by atoms with E-state index >= 15 is 0 Å². The van der Waals surface area contributed by atoms with E-state index in [4.69, 9.17) is 0 Å². The van der Waals surface area contributed by atoms with Crippen molar-refractivity contribution in [2.24, 2.45) is 0 Å². The van der Waals surface area contributed by atoms with E-state index in [0.29, 0.717) is 0 Å². The molecule has 0 amide bonds. The summed E-state index contributed by atoms with van der Waals surface area (Å²) in [6.45, 7) is 0. The van der Waals surface area contributed by atoms with Crippen LogP contribution in [0.25, 0.3) is 32.7 Å². The van der Waals surface area contributed by atoms with Gasteiger partial charge in [-0.05, 0) is 50.9 Å². The van der Waals surface area contributed by atoms with Crippen LogP contribution < -0.4 is 0 Å². The number of fused-ring (bicyclic) bond motifs is 3. The zero-order valence-electron chi connectivity index (χ0n) is 11.0. The molecule has 0 unspecified atom stereocenters. The second kappa shape index (κ2) is 4.50. The molecule has 0 heteroatoms. The van der Waals surface area contributed by atoms with E-state index in [-0.39, 0.29) is 0 Å². The number of hydrogen-bond acceptors (Lipinski definition) is 0. The fraction of sp³-hybridized carbons (Fsp3) is 0. The van der Waals surface area contributed by atoms with Crippen LogP contribution in [0.3, 0.4) is 0 Å². The van der Waals surface area contributed by atoms with Gasteiger partial charge in [0.1, 0.15) is 0 Å². The second-order valence-corrected chi connectivity index (χ2v) is 5.01. The van der Waals surface area contributed by atoms with Gasteiger partial charge in [-0.3, -0.25) is 0 Å². The van der Waals surface area contributed by atoms with Gasteiger partial charge in [0, 0.05) is 0 Å². The summed E-state index contributed by atoms with van der Waals surface area (Å²) in [7, 11) is 0. The summed E-state index contributed by atoms with van der Waals surface area (Å²) < 4.78 is 0. The molecule has 0 aliphatic carbocycles. The predicted molar refractivity (Wildman–Crippen MR) is 85.7 cm³/mol. The smallest absolute Gasteiger partial charge is 0.0105 e. The minimum atomic E-state index is 1.24. The van der Waals surface area contributed by atoms with Gasteiger partial charge < -0.3 is 0 Å². The van der Waals surface area contributed by atoms with Crippen molar-refractivity contribution in [1.82, 2.24) is 0 Å². The average Bonchev–Trinajstić information content (AvgIpc) is 2.55. The number of hydrogen-bond donors (Lipinski definition) is 0. The molecular formula is C20H13. The first-order valence-corrected chi connectivity index (χ1v) is 6.80. The highest BCUT2D eigenvalue weighted by atomic mass is 14.1. The van der Waals surface area contributed by atoms with E-state index in [2.05, 4.69) is 72.8 Å². The topological polar surface area (TPSA) is 0 Å². The Morgan fingerprint density at radius 2 is 1.40 bits per heavy atom. The fourth-order valence-electron chi connectivity index (χ4n) is 2.76. The molecule has 4 aromatic carbocycles. The highest BCUT2D eigenvalue weighted by molar-refractivity contribution is 6.08. The molecule has 1 radical (unpaired) electrons. The van der Waals surface area contributed by atoms with Crippen molar-refractivity contribution in [2.75, 3.05) is 0 Å². The Balaban J connectivity index is 1.99. The van der Waals surface area contributed by atoms with Gasteiger partial charge in [-0.1, -0.05) is 66.7 Å². The molecule has 0 aliphatic rings. The molecule has 0 heterocycles. The van der Waals surface area contributed by atoms with Crippen LogP contribution in [-0.2, 0) is 0 Å². The van der Waals surface area contributed by atoms with Crippen LogP contribution in [0.4, 0.5) is 0 Å². The molecule has 0 nitrogen and oxygen atoms in total. The van der Waals surface area contributed by atoms with Crippen LogP contribution in [0.5, 0.6) is 0 Å². The maximum absolute atomic E-state index is 3.14. The Bertz CT molecular complexity index is 889. The summed E-state index contributed by atoms with van der Waals surface area (Å²) >= 11 is 0. The second-order valence-electron chi connectivity index (χ2n) is 5.01. The van der Waals surface area contributed by atoms with Crippen LogP contribution in [0, 0.1) is 6.07 Å². The van der Waals surface area contributed by atoms with Crippen molar-refractivity contribution in [3.63, 3.8) is 0 Å². The SMILES string of the molecule is [c]1ccc2c(c1)ccc1cc(-c3ccccc3)ccc12. The lowest BCUT2D eigenvalue weighted by atomic mass is 9.97. The van der Waals surface area contributed by atoms with E-state index < -0.39 is 0 Å². The van der Waals surface area contributed by atoms with Gasteiger partial charge in [-0.25, -0.2) is 0 Å². The molecule has 93 valence electrons. The van der Waals surface area contributed by atoms with Crippen molar-refractivity contribution < 1.29 is 0 Å². The third kappa shape index (κ3) is 1.78. The van der Waals surface area contributed by atoms with Gasteiger partial charge >= 0.3 is 0 Å². The lowest BCUT2D eigenvalue weighted by molar-refractivity contribution is 1.65. The van der Waals surface area contributed by atoms with Crippen LogP contribution in [0.15, 0.2) is 78.9 Å². The van der Waals surface area contributed by atoms with E-state index in [0.717, 1.165) is 0 Å². The summed E-state index contributed by atoms with van der Waals surface area (Å²) in [6.07, 6.45) is 0.